The lowest BCUT2D eigenvalue weighted by Gasteiger charge is -2.41. The molecule has 19 heavy (non-hydrogen) atoms. The van der Waals surface area contributed by atoms with Gasteiger partial charge < -0.3 is 14.8 Å². The Morgan fingerprint density at radius 2 is 1.79 bits per heavy atom. The number of nitrogens with one attached hydrogen (secondary N) is 1. The average Bonchev–Trinajstić information content (AvgIpc) is 2.10. The van der Waals surface area contributed by atoms with Gasteiger partial charge in [-0.3, -0.25) is 0 Å². The summed E-state index contributed by atoms with van der Waals surface area (Å²) in [5.74, 6) is -0.411. The smallest absolute Gasteiger partial charge is 0.408 e. The molecular weight excluding hydrogens is 246 g/mol. The van der Waals surface area contributed by atoms with Crippen molar-refractivity contribution in [3.63, 3.8) is 0 Å². The van der Waals surface area contributed by atoms with Crippen molar-refractivity contribution < 1.29 is 19.1 Å². The number of esters is 1. The van der Waals surface area contributed by atoms with Gasteiger partial charge >= 0.3 is 12.1 Å². The first-order chi connectivity index (χ1) is 8.48. The molecule has 1 aliphatic rings. The summed E-state index contributed by atoms with van der Waals surface area (Å²) in [6.45, 7) is 11.2. The van der Waals surface area contributed by atoms with E-state index in [0.717, 1.165) is 12.8 Å². The third-order valence-electron chi connectivity index (χ3n) is 2.93. The predicted molar refractivity (Wildman–Crippen MR) is 71.7 cm³/mol. The highest BCUT2D eigenvalue weighted by atomic mass is 16.6. The summed E-state index contributed by atoms with van der Waals surface area (Å²) in [6, 6.07) is -0.696. The van der Waals surface area contributed by atoms with Crippen molar-refractivity contribution in [2.24, 2.45) is 5.41 Å². The van der Waals surface area contributed by atoms with E-state index in [0.29, 0.717) is 0 Å². The molecule has 1 aliphatic carbocycles. The van der Waals surface area contributed by atoms with Crippen LogP contribution in [0.3, 0.4) is 0 Å². The molecule has 0 unspecified atom stereocenters. The minimum Gasteiger partial charge on any atom is -0.461 e. The van der Waals surface area contributed by atoms with E-state index in [9.17, 15) is 9.59 Å². The van der Waals surface area contributed by atoms with E-state index in [2.05, 4.69) is 19.2 Å². The summed E-state index contributed by atoms with van der Waals surface area (Å²) in [6.07, 6.45) is 1.12. The highest BCUT2D eigenvalue weighted by Crippen LogP contribution is 2.41. The van der Waals surface area contributed by atoms with Crippen molar-refractivity contribution in [2.45, 2.75) is 72.1 Å². The van der Waals surface area contributed by atoms with E-state index in [1.165, 1.54) is 0 Å². The topological polar surface area (TPSA) is 64.6 Å². The molecule has 110 valence electrons. The van der Waals surface area contributed by atoms with E-state index >= 15 is 0 Å². The van der Waals surface area contributed by atoms with Crippen LogP contribution in [0.4, 0.5) is 4.79 Å². The van der Waals surface area contributed by atoms with Gasteiger partial charge in [0.2, 0.25) is 0 Å². The lowest BCUT2D eigenvalue weighted by molar-refractivity contribution is -0.161. The molecule has 0 bridgehead atoms. The van der Waals surface area contributed by atoms with Crippen LogP contribution in [0.1, 0.15) is 54.4 Å². The van der Waals surface area contributed by atoms with E-state index in [1.807, 2.05) is 0 Å². The number of hydrogen-bond acceptors (Lipinski definition) is 4. The molecule has 5 nitrogen and oxygen atoms in total. The molecule has 1 amide bonds. The van der Waals surface area contributed by atoms with E-state index in [-0.39, 0.29) is 11.5 Å². The Bertz CT molecular complexity index is 349. The molecule has 0 aromatic carbocycles. The second-order valence-electron chi connectivity index (χ2n) is 7.00. The van der Waals surface area contributed by atoms with Crippen molar-refractivity contribution in [2.75, 3.05) is 0 Å². The Hall–Kier alpha value is -1.26. The summed E-state index contributed by atoms with van der Waals surface area (Å²) in [7, 11) is 0. The van der Waals surface area contributed by atoms with Gasteiger partial charge in [-0.25, -0.2) is 9.59 Å². The number of ether oxygens (including phenoxy) is 2. The summed E-state index contributed by atoms with van der Waals surface area (Å²) >= 11 is 0. The minimum absolute atomic E-state index is 0.0228. The minimum atomic E-state index is -0.696. The van der Waals surface area contributed by atoms with Crippen molar-refractivity contribution >= 4 is 12.1 Å². The Kier molecular flexibility index (Phi) is 4.48. The maximum absolute atomic E-state index is 11.8. The molecule has 0 heterocycles. The van der Waals surface area contributed by atoms with Crippen LogP contribution in [0.25, 0.3) is 0 Å². The lowest BCUT2D eigenvalue weighted by Crippen LogP contribution is -2.46. The van der Waals surface area contributed by atoms with Crippen LogP contribution in [0.5, 0.6) is 0 Å². The molecule has 1 saturated carbocycles. The number of hydrogen-bond donors (Lipinski definition) is 1. The Labute approximate surface area is 115 Å². The number of rotatable bonds is 3. The highest BCUT2D eigenvalue weighted by Gasteiger charge is 2.39. The zero-order valence-corrected chi connectivity index (χ0v) is 12.7. The summed E-state index contributed by atoms with van der Waals surface area (Å²) in [4.78, 5) is 23.3. The Morgan fingerprint density at radius 3 is 2.21 bits per heavy atom. The Morgan fingerprint density at radius 1 is 1.26 bits per heavy atom. The zero-order chi connectivity index (χ0) is 14.8. The first-order valence-corrected chi connectivity index (χ1v) is 6.68. The van der Waals surface area contributed by atoms with Gasteiger partial charge in [0.05, 0.1) is 0 Å². The number of amides is 1. The van der Waals surface area contributed by atoms with Crippen molar-refractivity contribution in [3.05, 3.63) is 0 Å². The predicted octanol–water partition coefficient (Wildman–Crippen LogP) is 2.63. The second-order valence-corrected chi connectivity index (χ2v) is 7.00. The van der Waals surface area contributed by atoms with Crippen molar-refractivity contribution in [1.29, 1.82) is 0 Å². The van der Waals surface area contributed by atoms with Crippen LogP contribution in [0.15, 0.2) is 0 Å². The SMILES string of the molecule is C[C@H](NC(=O)OC(C)(C)C)C(=O)OC1CC(C)(C)C1. The molecule has 1 N–H and O–H groups in total. The Balaban J connectivity index is 2.31. The zero-order valence-electron chi connectivity index (χ0n) is 12.7. The van der Waals surface area contributed by atoms with Crippen LogP contribution in [0.2, 0.25) is 0 Å². The van der Waals surface area contributed by atoms with Gasteiger partial charge in [-0.1, -0.05) is 13.8 Å². The molecule has 0 saturated heterocycles. The number of alkyl carbamates (subject to hydrolysis) is 1. The fourth-order valence-corrected chi connectivity index (χ4v) is 2.07. The fourth-order valence-electron chi connectivity index (χ4n) is 2.07. The van der Waals surface area contributed by atoms with Gasteiger partial charge in [-0.15, -0.1) is 0 Å². The maximum Gasteiger partial charge on any atom is 0.408 e. The van der Waals surface area contributed by atoms with Crippen LogP contribution in [-0.4, -0.2) is 29.8 Å². The van der Waals surface area contributed by atoms with Gasteiger partial charge in [0.25, 0.3) is 0 Å². The third kappa shape index (κ3) is 5.49. The number of carbonyl (C=O) groups is 2. The number of carbonyl (C=O) groups excluding carboxylic acids is 2. The molecular formula is C14H25NO4. The van der Waals surface area contributed by atoms with Crippen molar-refractivity contribution in [3.8, 4) is 0 Å². The average molecular weight is 271 g/mol. The molecule has 0 aromatic rings. The van der Waals surface area contributed by atoms with E-state index in [4.69, 9.17) is 9.47 Å². The summed E-state index contributed by atoms with van der Waals surface area (Å²) < 4.78 is 10.4. The van der Waals surface area contributed by atoms with Gasteiger partial charge in [0, 0.05) is 0 Å². The third-order valence-corrected chi connectivity index (χ3v) is 2.93. The van der Waals surface area contributed by atoms with Crippen LogP contribution >= 0.6 is 0 Å². The lowest BCUT2D eigenvalue weighted by atomic mass is 9.70. The first-order valence-electron chi connectivity index (χ1n) is 6.68. The van der Waals surface area contributed by atoms with Crippen LogP contribution < -0.4 is 5.32 Å². The van der Waals surface area contributed by atoms with Gasteiger partial charge in [-0.05, 0) is 46.0 Å². The molecule has 0 aliphatic heterocycles. The van der Waals surface area contributed by atoms with Gasteiger partial charge in [0.15, 0.2) is 0 Å². The molecule has 0 spiro atoms. The monoisotopic (exact) mass is 271 g/mol. The summed E-state index contributed by atoms with van der Waals surface area (Å²) in [5, 5.41) is 2.47. The first kappa shape index (κ1) is 15.8. The second kappa shape index (κ2) is 5.39. The molecule has 1 atom stereocenters. The van der Waals surface area contributed by atoms with Gasteiger partial charge in [0.1, 0.15) is 17.7 Å². The van der Waals surface area contributed by atoms with Gasteiger partial charge in [-0.2, -0.15) is 0 Å². The fraction of sp³-hybridized carbons (Fsp3) is 0.857. The van der Waals surface area contributed by atoms with Crippen molar-refractivity contribution in [1.82, 2.24) is 5.32 Å². The molecule has 1 fully saturated rings. The molecule has 0 aromatic heterocycles. The largest absolute Gasteiger partial charge is 0.461 e. The van der Waals surface area contributed by atoms with E-state index in [1.54, 1.807) is 27.7 Å². The van der Waals surface area contributed by atoms with Crippen LogP contribution in [-0.2, 0) is 14.3 Å². The maximum atomic E-state index is 11.8. The summed E-state index contributed by atoms with van der Waals surface area (Å²) in [5.41, 5.74) is -0.321. The molecule has 5 heteroatoms. The highest BCUT2D eigenvalue weighted by molar-refractivity contribution is 5.81. The molecule has 1 rings (SSSR count). The quantitative estimate of drug-likeness (QED) is 0.801. The molecule has 0 radical (unpaired) electrons. The van der Waals surface area contributed by atoms with E-state index < -0.39 is 23.7 Å². The standard InChI is InChI=1S/C14H25NO4/c1-9(15-12(17)19-13(2,3)4)11(16)18-10-7-14(5,6)8-10/h9-10H,7-8H2,1-6H3,(H,15,17)/t9-/m0/s1. The normalized spacial score (nSPS) is 20.1. The van der Waals surface area contributed by atoms with Crippen LogP contribution in [0, 0.1) is 5.41 Å².